The normalized spacial score (nSPS) is 32.5. The van der Waals surface area contributed by atoms with Gasteiger partial charge in [0.1, 0.15) is 12.2 Å². The fourth-order valence-corrected chi connectivity index (χ4v) is 3.47. The van der Waals surface area contributed by atoms with Gasteiger partial charge in [0.05, 0.1) is 19.7 Å². The van der Waals surface area contributed by atoms with Gasteiger partial charge in [0, 0.05) is 19.6 Å². The van der Waals surface area contributed by atoms with Crippen molar-refractivity contribution >= 4 is 11.8 Å². The lowest BCUT2D eigenvalue weighted by atomic mass is 9.82. The Hall–Kier alpha value is -1.14. The van der Waals surface area contributed by atoms with E-state index in [1.807, 2.05) is 4.90 Å². The van der Waals surface area contributed by atoms with E-state index in [0.29, 0.717) is 30.9 Å². The molecule has 0 aromatic rings. The van der Waals surface area contributed by atoms with E-state index in [0.717, 1.165) is 32.4 Å². The third-order valence-electron chi connectivity index (χ3n) is 5.19. The Morgan fingerprint density at radius 1 is 1.41 bits per heavy atom. The van der Waals surface area contributed by atoms with E-state index in [1.165, 1.54) is 7.11 Å². The number of hydrogen-bond acceptors (Lipinski definition) is 4. The Balaban J connectivity index is 1.36. The fourth-order valence-electron chi connectivity index (χ4n) is 3.47. The van der Waals surface area contributed by atoms with Crippen molar-refractivity contribution in [3.63, 3.8) is 0 Å². The summed E-state index contributed by atoms with van der Waals surface area (Å²) in [5, 5.41) is 2.86. The minimum Gasteiger partial charge on any atom is -0.375 e. The monoisotopic (exact) mass is 310 g/mol. The zero-order valence-corrected chi connectivity index (χ0v) is 13.5. The van der Waals surface area contributed by atoms with Crippen LogP contribution in [0.3, 0.4) is 0 Å². The fraction of sp³-hybridized carbons (Fsp3) is 0.875. The standard InChI is InChI=1S/C16H26N2O4/c1-11-5-13(11)15(20)18-9-16(10-18)4-3-12(7-22-16)6-17-14(19)8-21-2/h11-13H,3-10H2,1-2H3,(H,17,19). The number of methoxy groups -OCH3 is 1. The predicted octanol–water partition coefficient (Wildman–Crippen LogP) is 0.413. The number of carbonyl (C=O) groups is 2. The molecule has 0 radical (unpaired) electrons. The second-order valence-corrected chi connectivity index (χ2v) is 7.15. The molecule has 0 bridgehead atoms. The molecule has 2 heterocycles. The molecule has 3 atom stereocenters. The number of nitrogens with zero attached hydrogens (tertiary/aromatic N) is 1. The van der Waals surface area contributed by atoms with E-state index in [1.54, 1.807) is 0 Å². The van der Waals surface area contributed by atoms with Crippen LogP contribution in [0.2, 0.25) is 0 Å². The largest absolute Gasteiger partial charge is 0.375 e. The number of hydrogen-bond donors (Lipinski definition) is 1. The first-order chi connectivity index (χ1) is 10.5. The van der Waals surface area contributed by atoms with Gasteiger partial charge in [0.15, 0.2) is 0 Å². The molecule has 3 fully saturated rings. The van der Waals surface area contributed by atoms with Gasteiger partial charge in [0.2, 0.25) is 11.8 Å². The summed E-state index contributed by atoms with van der Waals surface area (Å²) in [5.41, 5.74) is -0.110. The Kier molecular flexibility index (Phi) is 4.41. The maximum Gasteiger partial charge on any atom is 0.245 e. The molecular formula is C16H26N2O4. The third kappa shape index (κ3) is 3.27. The second kappa shape index (κ2) is 6.16. The van der Waals surface area contributed by atoms with E-state index in [4.69, 9.17) is 9.47 Å². The quantitative estimate of drug-likeness (QED) is 0.799. The summed E-state index contributed by atoms with van der Waals surface area (Å²) in [6.45, 7) is 5.04. The lowest BCUT2D eigenvalue weighted by Gasteiger charge is -2.53. The Morgan fingerprint density at radius 2 is 2.14 bits per heavy atom. The van der Waals surface area contributed by atoms with Gasteiger partial charge in [-0.1, -0.05) is 6.92 Å². The number of carbonyl (C=O) groups excluding carboxylic acids is 2. The van der Waals surface area contributed by atoms with E-state index >= 15 is 0 Å². The van der Waals surface area contributed by atoms with Crippen LogP contribution in [-0.4, -0.2) is 62.3 Å². The maximum absolute atomic E-state index is 12.1. The molecule has 22 heavy (non-hydrogen) atoms. The molecule has 6 heteroatoms. The Morgan fingerprint density at radius 3 is 2.68 bits per heavy atom. The summed E-state index contributed by atoms with van der Waals surface area (Å²) in [6, 6.07) is 0. The molecule has 6 nitrogen and oxygen atoms in total. The summed E-state index contributed by atoms with van der Waals surface area (Å²) in [5.74, 6) is 1.43. The van der Waals surface area contributed by atoms with Crippen molar-refractivity contribution in [3.8, 4) is 0 Å². The van der Waals surface area contributed by atoms with Crippen LogP contribution in [0.25, 0.3) is 0 Å². The van der Waals surface area contributed by atoms with Crippen molar-refractivity contribution in [2.24, 2.45) is 17.8 Å². The van der Waals surface area contributed by atoms with Gasteiger partial charge in [-0.2, -0.15) is 0 Å². The summed E-state index contributed by atoms with van der Waals surface area (Å²) < 4.78 is 10.8. The summed E-state index contributed by atoms with van der Waals surface area (Å²) in [7, 11) is 1.51. The molecular weight excluding hydrogens is 284 g/mol. The molecule has 0 aromatic heterocycles. The molecule has 1 saturated carbocycles. The minimum atomic E-state index is -0.110. The Labute approximate surface area is 131 Å². The molecule has 3 aliphatic rings. The van der Waals surface area contributed by atoms with Crippen LogP contribution in [0.4, 0.5) is 0 Å². The molecule has 124 valence electrons. The zero-order valence-electron chi connectivity index (χ0n) is 13.5. The first-order valence-corrected chi connectivity index (χ1v) is 8.21. The van der Waals surface area contributed by atoms with Crippen molar-refractivity contribution in [2.75, 3.05) is 40.0 Å². The van der Waals surface area contributed by atoms with Gasteiger partial charge in [-0.3, -0.25) is 9.59 Å². The summed E-state index contributed by atoms with van der Waals surface area (Å²) >= 11 is 0. The van der Waals surface area contributed by atoms with Crippen molar-refractivity contribution < 1.29 is 19.1 Å². The van der Waals surface area contributed by atoms with Gasteiger partial charge < -0.3 is 19.7 Å². The Bertz CT molecular complexity index is 437. The maximum atomic E-state index is 12.1. The topological polar surface area (TPSA) is 67.9 Å². The average Bonchev–Trinajstić information content (AvgIpc) is 3.20. The molecule has 2 saturated heterocycles. The SMILES string of the molecule is COCC(=O)NCC1CCC2(CN(C(=O)C3CC3C)C2)OC1. The number of ether oxygens (including phenoxy) is 2. The van der Waals surface area contributed by atoms with Crippen LogP contribution in [0, 0.1) is 17.8 Å². The molecule has 3 unspecified atom stereocenters. The number of rotatable bonds is 5. The van der Waals surface area contributed by atoms with Crippen molar-refractivity contribution in [3.05, 3.63) is 0 Å². The highest BCUT2D eigenvalue weighted by Gasteiger charge is 2.52. The molecule has 2 amide bonds. The van der Waals surface area contributed by atoms with E-state index in [9.17, 15) is 9.59 Å². The van der Waals surface area contributed by atoms with Crippen LogP contribution >= 0.6 is 0 Å². The van der Waals surface area contributed by atoms with Gasteiger partial charge in [-0.25, -0.2) is 0 Å². The van der Waals surface area contributed by atoms with Crippen LogP contribution in [0.15, 0.2) is 0 Å². The molecule has 1 aliphatic carbocycles. The average molecular weight is 310 g/mol. The van der Waals surface area contributed by atoms with Gasteiger partial charge in [-0.05, 0) is 31.1 Å². The van der Waals surface area contributed by atoms with Crippen molar-refractivity contribution in [1.29, 1.82) is 0 Å². The van der Waals surface area contributed by atoms with E-state index < -0.39 is 0 Å². The molecule has 2 aliphatic heterocycles. The lowest BCUT2D eigenvalue weighted by molar-refractivity contribution is -0.189. The first kappa shape index (κ1) is 15.7. The highest BCUT2D eigenvalue weighted by atomic mass is 16.5. The van der Waals surface area contributed by atoms with Gasteiger partial charge in [0.25, 0.3) is 0 Å². The number of amides is 2. The van der Waals surface area contributed by atoms with Gasteiger partial charge >= 0.3 is 0 Å². The van der Waals surface area contributed by atoms with Crippen LogP contribution in [-0.2, 0) is 19.1 Å². The minimum absolute atomic E-state index is 0.0817. The van der Waals surface area contributed by atoms with Gasteiger partial charge in [-0.15, -0.1) is 0 Å². The zero-order chi connectivity index (χ0) is 15.7. The van der Waals surface area contributed by atoms with Crippen LogP contribution in [0.5, 0.6) is 0 Å². The smallest absolute Gasteiger partial charge is 0.245 e. The third-order valence-corrected chi connectivity index (χ3v) is 5.19. The molecule has 3 rings (SSSR count). The van der Waals surface area contributed by atoms with E-state index in [-0.39, 0.29) is 24.0 Å². The summed E-state index contributed by atoms with van der Waals surface area (Å²) in [4.78, 5) is 25.5. The highest BCUT2D eigenvalue weighted by molar-refractivity contribution is 5.82. The van der Waals surface area contributed by atoms with Crippen LogP contribution in [0.1, 0.15) is 26.2 Å². The van der Waals surface area contributed by atoms with Crippen molar-refractivity contribution in [2.45, 2.75) is 31.8 Å². The highest BCUT2D eigenvalue weighted by Crippen LogP contribution is 2.43. The number of likely N-dealkylation sites (tertiary alicyclic amines) is 1. The lowest BCUT2D eigenvalue weighted by Crippen LogP contribution is -2.66. The molecule has 1 N–H and O–H groups in total. The second-order valence-electron chi connectivity index (χ2n) is 7.15. The van der Waals surface area contributed by atoms with Crippen LogP contribution < -0.4 is 5.32 Å². The first-order valence-electron chi connectivity index (χ1n) is 8.21. The van der Waals surface area contributed by atoms with Crippen molar-refractivity contribution in [1.82, 2.24) is 10.2 Å². The van der Waals surface area contributed by atoms with E-state index in [2.05, 4.69) is 12.2 Å². The predicted molar refractivity (Wildman–Crippen MR) is 80.1 cm³/mol. The number of nitrogens with one attached hydrogen (secondary N) is 1. The summed E-state index contributed by atoms with van der Waals surface area (Å²) in [6.07, 6.45) is 3.06. The molecule has 0 aromatic carbocycles. The molecule has 1 spiro atoms.